The number of rotatable bonds is 7. The van der Waals surface area contributed by atoms with E-state index in [-0.39, 0.29) is 29.8 Å². The first kappa shape index (κ1) is 18.8. The highest BCUT2D eigenvalue weighted by molar-refractivity contribution is 5.85. The van der Waals surface area contributed by atoms with E-state index in [1.165, 1.54) is 19.3 Å². The topological polar surface area (TPSA) is 110 Å². The van der Waals surface area contributed by atoms with Crippen LogP contribution in [0.4, 0.5) is 0 Å². The van der Waals surface area contributed by atoms with Gasteiger partial charge in [-0.1, -0.05) is 37.8 Å². The number of carbonyl (C=O) groups is 1. The van der Waals surface area contributed by atoms with Crippen LogP contribution >= 0.6 is 12.4 Å². The number of hydrogen-bond donors (Lipinski definition) is 3. The highest BCUT2D eigenvalue weighted by atomic mass is 35.5. The van der Waals surface area contributed by atoms with Gasteiger partial charge in [0, 0.05) is 6.42 Å². The standard InChI is InChI=1S/C14H26N6O.ClH/c1-2-6-11(13-17-19-20-18-13)16-12(21)9-14(10-15)7-4-3-5-8-14;/h11H,2-10,15H2,1H3,(H,16,21)(H,17,18,19,20);1H. The van der Waals surface area contributed by atoms with Crippen molar-refractivity contribution in [3.63, 3.8) is 0 Å². The Labute approximate surface area is 137 Å². The van der Waals surface area contributed by atoms with E-state index in [0.29, 0.717) is 18.8 Å². The number of H-pyrrole nitrogens is 1. The summed E-state index contributed by atoms with van der Waals surface area (Å²) < 4.78 is 0. The van der Waals surface area contributed by atoms with Crippen LogP contribution in [0.25, 0.3) is 0 Å². The molecule has 7 nitrogen and oxygen atoms in total. The molecule has 1 aromatic heterocycles. The average molecular weight is 331 g/mol. The minimum absolute atomic E-state index is 0. The van der Waals surface area contributed by atoms with Crippen LogP contribution in [0.5, 0.6) is 0 Å². The Hall–Kier alpha value is -1.21. The Balaban J connectivity index is 0.00000242. The van der Waals surface area contributed by atoms with Crippen molar-refractivity contribution < 1.29 is 4.79 Å². The van der Waals surface area contributed by atoms with Crippen molar-refractivity contribution in [2.45, 2.75) is 64.3 Å². The van der Waals surface area contributed by atoms with Crippen LogP contribution in [0.3, 0.4) is 0 Å². The van der Waals surface area contributed by atoms with E-state index in [2.05, 4.69) is 32.9 Å². The van der Waals surface area contributed by atoms with Crippen molar-refractivity contribution in [2.24, 2.45) is 11.1 Å². The van der Waals surface area contributed by atoms with Gasteiger partial charge in [-0.2, -0.15) is 5.21 Å². The number of halogens is 1. The third kappa shape index (κ3) is 4.91. The summed E-state index contributed by atoms with van der Waals surface area (Å²) in [6.07, 6.45) is 7.96. The summed E-state index contributed by atoms with van der Waals surface area (Å²) in [4.78, 5) is 12.4. The molecule has 4 N–H and O–H groups in total. The molecule has 2 rings (SSSR count). The van der Waals surface area contributed by atoms with Crippen molar-refractivity contribution in [3.8, 4) is 0 Å². The van der Waals surface area contributed by atoms with Crippen LogP contribution in [0.15, 0.2) is 0 Å². The first-order chi connectivity index (χ1) is 10.2. The zero-order valence-electron chi connectivity index (χ0n) is 13.2. The molecule has 0 bridgehead atoms. The molecule has 1 atom stereocenters. The number of hydrogen-bond acceptors (Lipinski definition) is 5. The predicted molar refractivity (Wildman–Crippen MR) is 86.4 cm³/mol. The molecule has 1 aromatic rings. The molecule has 1 fully saturated rings. The van der Waals surface area contributed by atoms with Gasteiger partial charge in [0.05, 0.1) is 6.04 Å². The van der Waals surface area contributed by atoms with Gasteiger partial charge in [-0.25, -0.2) is 0 Å². The molecule has 0 spiro atoms. The molecule has 1 aliphatic rings. The molecule has 0 radical (unpaired) electrons. The van der Waals surface area contributed by atoms with Crippen LogP contribution in [0.2, 0.25) is 0 Å². The van der Waals surface area contributed by atoms with Crippen LogP contribution in [0, 0.1) is 5.41 Å². The van der Waals surface area contributed by atoms with Gasteiger partial charge < -0.3 is 11.1 Å². The summed E-state index contributed by atoms with van der Waals surface area (Å²) >= 11 is 0. The van der Waals surface area contributed by atoms with Gasteiger partial charge in [0.15, 0.2) is 5.82 Å². The zero-order valence-corrected chi connectivity index (χ0v) is 14.0. The lowest BCUT2D eigenvalue weighted by atomic mass is 9.71. The fraction of sp³-hybridized carbons (Fsp3) is 0.857. The van der Waals surface area contributed by atoms with Gasteiger partial charge in [0.2, 0.25) is 5.91 Å². The van der Waals surface area contributed by atoms with Gasteiger partial charge in [-0.3, -0.25) is 4.79 Å². The number of tetrazole rings is 1. The summed E-state index contributed by atoms with van der Waals surface area (Å²) in [5, 5.41) is 17.0. The van der Waals surface area contributed by atoms with E-state index in [9.17, 15) is 4.79 Å². The SMILES string of the molecule is CCCC(NC(=O)CC1(CN)CCCCC1)c1nn[nH]n1.Cl. The lowest BCUT2D eigenvalue weighted by Gasteiger charge is -2.36. The first-order valence-electron chi connectivity index (χ1n) is 7.92. The minimum Gasteiger partial charge on any atom is -0.346 e. The Morgan fingerprint density at radius 2 is 2.14 bits per heavy atom. The Morgan fingerprint density at radius 3 is 2.68 bits per heavy atom. The number of nitrogens with zero attached hydrogens (tertiary/aromatic N) is 3. The normalized spacial score (nSPS) is 18.3. The van der Waals surface area contributed by atoms with Gasteiger partial charge in [0.1, 0.15) is 0 Å². The summed E-state index contributed by atoms with van der Waals surface area (Å²) in [7, 11) is 0. The number of aromatic amines is 1. The second kappa shape index (κ2) is 9.05. The quantitative estimate of drug-likeness (QED) is 0.707. The molecule has 1 heterocycles. The predicted octanol–water partition coefficient (Wildman–Crippen LogP) is 1.88. The molecule has 0 aromatic carbocycles. The summed E-state index contributed by atoms with van der Waals surface area (Å²) in [5.74, 6) is 0.598. The van der Waals surface area contributed by atoms with E-state index in [1.54, 1.807) is 0 Å². The van der Waals surface area contributed by atoms with Gasteiger partial charge in [-0.15, -0.1) is 22.6 Å². The third-order valence-corrected chi connectivity index (χ3v) is 4.47. The average Bonchev–Trinajstić information content (AvgIpc) is 3.02. The number of nitrogens with one attached hydrogen (secondary N) is 2. The molecule has 22 heavy (non-hydrogen) atoms. The molecule has 1 unspecified atom stereocenters. The van der Waals surface area contributed by atoms with Gasteiger partial charge >= 0.3 is 0 Å². The van der Waals surface area contributed by atoms with Crippen molar-refractivity contribution in [1.29, 1.82) is 0 Å². The van der Waals surface area contributed by atoms with Crippen LogP contribution in [0.1, 0.15) is 70.2 Å². The van der Waals surface area contributed by atoms with E-state index in [1.807, 2.05) is 0 Å². The number of carbonyl (C=O) groups excluding carboxylic acids is 1. The van der Waals surface area contributed by atoms with Gasteiger partial charge in [0.25, 0.3) is 0 Å². The van der Waals surface area contributed by atoms with E-state index in [0.717, 1.165) is 25.7 Å². The lowest BCUT2D eigenvalue weighted by molar-refractivity contribution is -0.124. The van der Waals surface area contributed by atoms with Crippen molar-refractivity contribution in [2.75, 3.05) is 6.54 Å². The zero-order chi connectivity index (χ0) is 15.1. The smallest absolute Gasteiger partial charge is 0.221 e. The first-order valence-corrected chi connectivity index (χ1v) is 7.92. The second-order valence-electron chi connectivity index (χ2n) is 6.12. The number of amides is 1. The van der Waals surface area contributed by atoms with Crippen molar-refractivity contribution >= 4 is 18.3 Å². The fourth-order valence-corrected chi connectivity index (χ4v) is 3.21. The molecule has 8 heteroatoms. The molecule has 0 aliphatic heterocycles. The Bertz CT molecular complexity index is 433. The monoisotopic (exact) mass is 330 g/mol. The summed E-state index contributed by atoms with van der Waals surface area (Å²) in [5.41, 5.74) is 5.93. The van der Waals surface area contributed by atoms with E-state index < -0.39 is 0 Å². The van der Waals surface area contributed by atoms with Crippen molar-refractivity contribution in [1.82, 2.24) is 25.9 Å². The highest BCUT2D eigenvalue weighted by Gasteiger charge is 2.33. The number of aromatic nitrogens is 4. The molecule has 1 amide bonds. The second-order valence-corrected chi connectivity index (χ2v) is 6.12. The maximum absolute atomic E-state index is 12.4. The van der Waals surface area contributed by atoms with Crippen LogP contribution in [-0.4, -0.2) is 33.1 Å². The molecule has 1 aliphatic carbocycles. The van der Waals surface area contributed by atoms with E-state index in [4.69, 9.17) is 5.73 Å². The molecular formula is C14H27ClN6O. The summed E-state index contributed by atoms with van der Waals surface area (Å²) in [6.45, 7) is 2.66. The highest BCUT2D eigenvalue weighted by Crippen LogP contribution is 2.38. The molecule has 0 saturated heterocycles. The third-order valence-electron chi connectivity index (χ3n) is 4.47. The van der Waals surface area contributed by atoms with Crippen molar-refractivity contribution in [3.05, 3.63) is 5.82 Å². The van der Waals surface area contributed by atoms with E-state index >= 15 is 0 Å². The summed E-state index contributed by atoms with van der Waals surface area (Å²) in [6, 6.07) is -0.167. The van der Waals surface area contributed by atoms with Crippen LogP contribution in [-0.2, 0) is 4.79 Å². The van der Waals surface area contributed by atoms with Gasteiger partial charge in [-0.05, 0) is 31.2 Å². The Morgan fingerprint density at radius 1 is 1.41 bits per heavy atom. The molecule has 1 saturated carbocycles. The number of nitrogens with two attached hydrogens (primary N) is 1. The Kier molecular flexibility index (Phi) is 7.75. The molecular weight excluding hydrogens is 304 g/mol. The van der Waals surface area contributed by atoms with Crippen LogP contribution < -0.4 is 11.1 Å². The fourth-order valence-electron chi connectivity index (χ4n) is 3.21. The lowest BCUT2D eigenvalue weighted by Crippen LogP contribution is -2.39. The maximum atomic E-state index is 12.4. The minimum atomic E-state index is -0.167. The maximum Gasteiger partial charge on any atom is 0.221 e. The largest absolute Gasteiger partial charge is 0.346 e. The molecule has 126 valence electrons.